The normalized spacial score (nSPS) is 13.3. The van der Waals surface area contributed by atoms with Crippen LogP contribution in [0.15, 0.2) is 57.9 Å². The summed E-state index contributed by atoms with van der Waals surface area (Å²) < 4.78 is 28.9. The molecule has 0 amide bonds. The molecule has 0 radical (unpaired) electrons. The van der Waals surface area contributed by atoms with Gasteiger partial charge in [0.1, 0.15) is 0 Å². The standard InChI is InChI=1S/C17H21BrN2O2S/c1-13-9-10-17(15(18)11-13)23(21,22)19-16(12-20(2)3)14-7-5-4-6-8-14/h4-11,16,19H,12H2,1-3H3. The van der Waals surface area contributed by atoms with E-state index < -0.39 is 10.0 Å². The van der Waals surface area contributed by atoms with Gasteiger partial charge in [-0.05, 0) is 60.2 Å². The van der Waals surface area contributed by atoms with Gasteiger partial charge in [-0.2, -0.15) is 0 Å². The van der Waals surface area contributed by atoms with Crippen LogP contribution in [0.25, 0.3) is 0 Å². The number of hydrogen-bond donors (Lipinski definition) is 1. The molecule has 6 heteroatoms. The molecule has 0 spiro atoms. The summed E-state index contributed by atoms with van der Waals surface area (Å²) in [5.41, 5.74) is 1.94. The third kappa shape index (κ3) is 4.88. The summed E-state index contributed by atoms with van der Waals surface area (Å²) in [4.78, 5) is 2.22. The molecule has 1 unspecified atom stereocenters. The molecule has 0 aliphatic heterocycles. The molecule has 1 atom stereocenters. The van der Waals surface area contributed by atoms with Gasteiger partial charge < -0.3 is 4.90 Å². The molecule has 2 aromatic carbocycles. The lowest BCUT2D eigenvalue weighted by atomic mass is 10.1. The molecule has 4 nitrogen and oxygen atoms in total. The second kappa shape index (κ2) is 7.57. The van der Waals surface area contributed by atoms with Gasteiger partial charge >= 0.3 is 0 Å². The highest BCUT2D eigenvalue weighted by Crippen LogP contribution is 2.25. The molecule has 0 fully saturated rings. The van der Waals surface area contributed by atoms with Crippen LogP contribution in [-0.4, -0.2) is 34.0 Å². The number of halogens is 1. The minimum atomic E-state index is -3.62. The highest BCUT2D eigenvalue weighted by atomic mass is 79.9. The van der Waals surface area contributed by atoms with Crippen molar-refractivity contribution in [3.05, 3.63) is 64.1 Å². The summed E-state index contributed by atoms with van der Waals surface area (Å²) in [5.74, 6) is 0. The summed E-state index contributed by atoms with van der Waals surface area (Å²) in [5, 5.41) is 0. The number of benzene rings is 2. The van der Waals surface area contributed by atoms with Crippen molar-refractivity contribution in [2.75, 3.05) is 20.6 Å². The van der Waals surface area contributed by atoms with Crippen molar-refractivity contribution in [3.8, 4) is 0 Å². The SMILES string of the molecule is Cc1ccc(S(=O)(=O)NC(CN(C)C)c2ccccc2)c(Br)c1. The van der Waals surface area contributed by atoms with Gasteiger partial charge in [-0.25, -0.2) is 13.1 Å². The Hall–Kier alpha value is -1.21. The lowest BCUT2D eigenvalue weighted by molar-refractivity contribution is 0.363. The zero-order valence-electron chi connectivity index (χ0n) is 13.5. The van der Waals surface area contributed by atoms with E-state index in [-0.39, 0.29) is 10.9 Å². The van der Waals surface area contributed by atoms with Gasteiger partial charge in [-0.3, -0.25) is 0 Å². The Labute approximate surface area is 146 Å². The minimum Gasteiger partial charge on any atom is -0.307 e. The maximum Gasteiger partial charge on any atom is 0.242 e. The van der Waals surface area contributed by atoms with Crippen LogP contribution in [0.4, 0.5) is 0 Å². The van der Waals surface area contributed by atoms with Crippen LogP contribution in [0.1, 0.15) is 17.2 Å². The Bertz CT molecular complexity index is 761. The van der Waals surface area contributed by atoms with E-state index in [0.717, 1.165) is 11.1 Å². The van der Waals surface area contributed by atoms with Crippen LogP contribution in [0, 0.1) is 6.92 Å². The molecule has 0 aliphatic rings. The van der Waals surface area contributed by atoms with Crippen molar-refractivity contribution in [2.45, 2.75) is 17.9 Å². The maximum atomic E-state index is 12.8. The highest BCUT2D eigenvalue weighted by Gasteiger charge is 2.23. The maximum absolute atomic E-state index is 12.8. The van der Waals surface area contributed by atoms with Gasteiger partial charge in [-0.1, -0.05) is 36.4 Å². The first-order valence-electron chi connectivity index (χ1n) is 7.28. The molecular weight excluding hydrogens is 376 g/mol. The van der Waals surface area contributed by atoms with Crippen LogP contribution in [0.5, 0.6) is 0 Å². The van der Waals surface area contributed by atoms with E-state index in [9.17, 15) is 8.42 Å². The first-order chi connectivity index (χ1) is 10.8. The summed E-state index contributed by atoms with van der Waals surface area (Å²) in [6.07, 6.45) is 0. The van der Waals surface area contributed by atoms with E-state index in [2.05, 4.69) is 20.7 Å². The fourth-order valence-corrected chi connectivity index (χ4v) is 4.74. The molecule has 0 heterocycles. The second-order valence-electron chi connectivity index (χ2n) is 5.78. The molecule has 1 N–H and O–H groups in total. The number of nitrogens with zero attached hydrogens (tertiary/aromatic N) is 1. The minimum absolute atomic E-state index is 0.253. The quantitative estimate of drug-likeness (QED) is 0.814. The van der Waals surface area contributed by atoms with E-state index in [1.807, 2.05) is 56.3 Å². The first kappa shape index (κ1) is 18.1. The van der Waals surface area contributed by atoms with Crippen molar-refractivity contribution in [3.63, 3.8) is 0 Å². The first-order valence-corrected chi connectivity index (χ1v) is 9.55. The number of rotatable bonds is 6. The van der Waals surface area contributed by atoms with E-state index in [4.69, 9.17) is 0 Å². The number of nitrogens with one attached hydrogen (secondary N) is 1. The molecule has 23 heavy (non-hydrogen) atoms. The summed E-state index contributed by atoms with van der Waals surface area (Å²) >= 11 is 3.35. The van der Waals surface area contributed by atoms with E-state index in [0.29, 0.717) is 11.0 Å². The molecule has 124 valence electrons. The zero-order valence-corrected chi connectivity index (χ0v) is 15.9. The molecule has 2 aromatic rings. The Morgan fingerprint density at radius 3 is 2.35 bits per heavy atom. The fraction of sp³-hybridized carbons (Fsp3) is 0.294. The lowest BCUT2D eigenvalue weighted by Gasteiger charge is -2.23. The zero-order chi connectivity index (χ0) is 17.0. The largest absolute Gasteiger partial charge is 0.307 e. The second-order valence-corrected chi connectivity index (χ2v) is 8.32. The van der Waals surface area contributed by atoms with E-state index >= 15 is 0 Å². The summed E-state index contributed by atoms with van der Waals surface area (Å²) in [6, 6.07) is 14.5. The fourth-order valence-electron chi connectivity index (χ4n) is 2.34. The lowest BCUT2D eigenvalue weighted by Crippen LogP contribution is -2.35. The molecule has 0 saturated heterocycles. The Kier molecular flexibility index (Phi) is 5.97. The molecule has 0 aliphatic carbocycles. The molecule has 0 bridgehead atoms. The number of aryl methyl sites for hydroxylation is 1. The van der Waals surface area contributed by atoms with Gasteiger partial charge in [0.25, 0.3) is 0 Å². The van der Waals surface area contributed by atoms with Crippen LogP contribution in [-0.2, 0) is 10.0 Å². The summed E-state index contributed by atoms with van der Waals surface area (Å²) in [7, 11) is 0.221. The molecule has 2 rings (SSSR count). The average Bonchev–Trinajstić information content (AvgIpc) is 2.46. The van der Waals surface area contributed by atoms with Crippen LogP contribution < -0.4 is 4.72 Å². The van der Waals surface area contributed by atoms with Crippen molar-refractivity contribution in [1.82, 2.24) is 9.62 Å². The monoisotopic (exact) mass is 396 g/mol. The highest BCUT2D eigenvalue weighted by molar-refractivity contribution is 9.10. The van der Waals surface area contributed by atoms with Crippen molar-refractivity contribution in [1.29, 1.82) is 0 Å². The number of hydrogen-bond acceptors (Lipinski definition) is 3. The van der Waals surface area contributed by atoms with Gasteiger partial charge in [0.05, 0.1) is 10.9 Å². The van der Waals surface area contributed by atoms with E-state index in [1.165, 1.54) is 0 Å². The Morgan fingerprint density at radius 1 is 1.13 bits per heavy atom. The smallest absolute Gasteiger partial charge is 0.242 e. The molecule has 0 saturated carbocycles. The van der Waals surface area contributed by atoms with Gasteiger partial charge in [0.2, 0.25) is 10.0 Å². The van der Waals surface area contributed by atoms with Crippen molar-refractivity contribution < 1.29 is 8.42 Å². The predicted molar refractivity (Wildman–Crippen MR) is 96.9 cm³/mol. The number of likely N-dealkylation sites (N-methyl/N-ethyl adjacent to an activating group) is 1. The molecular formula is C17H21BrN2O2S. The average molecular weight is 397 g/mol. The topological polar surface area (TPSA) is 49.4 Å². The third-order valence-corrected chi connectivity index (χ3v) is 5.87. The van der Waals surface area contributed by atoms with Crippen LogP contribution in [0.2, 0.25) is 0 Å². The van der Waals surface area contributed by atoms with Crippen LogP contribution in [0.3, 0.4) is 0 Å². The van der Waals surface area contributed by atoms with E-state index in [1.54, 1.807) is 18.2 Å². The van der Waals surface area contributed by atoms with Gasteiger partial charge in [-0.15, -0.1) is 0 Å². The van der Waals surface area contributed by atoms with Gasteiger partial charge in [0, 0.05) is 11.0 Å². The Morgan fingerprint density at radius 2 is 1.78 bits per heavy atom. The third-order valence-electron chi connectivity index (χ3n) is 3.42. The van der Waals surface area contributed by atoms with Gasteiger partial charge in [0.15, 0.2) is 0 Å². The van der Waals surface area contributed by atoms with Crippen LogP contribution >= 0.6 is 15.9 Å². The summed E-state index contributed by atoms with van der Waals surface area (Å²) in [6.45, 7) is 2.50. The van der Waals surface area contributed by atoms with Crippen molar-refractivity contribution in [2.24, 2.45) is 0 Å². The number of sulfonamides is 1. The Balaban J connectivity index is 2.34. The van der Waals surface area contributed by atoms with Crippen molar-refractivity contribution >= 4 is 26.0 Å². The molecule has 0 aromatic heterocycles. The predicted octanol–water partition coefficient (Wildman–Crippen LogP) is 3.34.